The van der Waals surface area contributed by atoms with E-state index in [2.05, 4.69) is 42.1 Å². The van der Waals surface area contributed by atoms with Gasteiger partial charge in [0, 0.05) is 43.7 Å². The number of phenolic OH excluding ortho intramolecular Hbond substituents is 5. The van der Waals surface area contributed by atoms with E-state index in [1.807, 2.05) is 0 Å². The SMILES string of the molecule is O=c1cc2oc3cc(O)c(O)cc3c(-c3cc(Br)c(N=Nc4c(S(=O)(=O)O)cc5cc(S(=O)(=O)O)cc(O)c5c4O)c(Br)c3)c-2cc1O. The lowest BCUT2D eigenvalue weighted by Gasteiger charge is -2.17. The molecule has 4 aromatic carbocycles. The zero-order valence-corrected chi connectivity index (χ0v) is 28.0. The molecule has 0 amide bonds. The predicted molar refractivity (Wildman–Crippen MR) is 176 cm³/mol. The van der Waals surface area contributed by atoms with E-state index in [1.165, 1.54) is 24.3 Å². The van der Waals surface area contributed by atoms with Crippen LogP contribution in [0.3, 0.4) is 0 Å². The number of phenols is 5. The van der Waals surface area contributed by atoms with Crippen molar-refractivity contribution < 1.29 is 55.9 Å². The number of halogens is 2. The Bertz CT molecular complexity index is 2650. The number of nitrogens with zero attached hydrogens (tertiary/aromatic N) is 2. The fourth-order valence-electron chi connectivity index (χ4n) is 5.03. The average Bonchev–Trinajstić information content (AvgIpc) is 2.96. The fourth-order valence-corrected chi connectivity index (χ4v) is 7.57. The molecule has 0 saturated carbocycles. The largest absolute Gasteiger partial charge is 0.507 e. The molecule has 4 aromatic rings. The maximum absolute atomic E-state index is 12.3. The third kappa shape index (κ3) is 5.69. The molecular formula is C29H16Br2N2O13S2. The van der Waals surface area contributed by atoms with Crippen LogP contribution in [0.25, 0.3) is 44.2 Å². The van der Waals surface area contributed by atoms with Gasteiger partial charge in [-0.05, 0) is 79.2 Å². The highest BCUT2D eigenvalue weighted by Gasteiger charge is 2.26. The van der Waals surface area contributed by atoms with Gasteiger partial charge < -0.3 is 29.9 Å². The molecule has 1 heterocycles. The smallest absolute Gasteiger partial charge is 0.296 e. The molecule has 0 aromatic heterocycles. The maximum Gasteiger partial charge on any atom is 0.296 e. The van der Waals surface area contributed by atoms with Crippen LogP contribution in [-0.2, 0) is 20.2 Å². The Morgan fingerprint density at radius 3 is 1.92 bits per heavy atom. The molecule has 0 radical (unpaired) electrons. The highest BCUT2D eigenvalue weighted by molar-refractivity contribution is 9.11. The van der Waals surface area contributed by atoms with Crippen LogP contribution >= 0.6 is 31.9 Å². The number of azo groups is 1. The van der Waals surface area contributed by atoms with Gasteiger partial charge in [-0.1, -0.05) is 0 Å². The summed E-state index contributed by atoms with van der Waals surface area (Å²) in [5, 5.41) is 59.2. The third-order valence-electron chi connectivity index (χ3n) is 7.13. The summed E-state index contributed by atoms with van der Waals surface area (Å²) in [6, 6.07) is 9.67. The minimum Gasteiger partial charge on any atom is -0.507 e. The summed E-state index contributed by atoms with van der Waals surface area (Å²) in [6.45, 7) is 0. The molecule has 1 aliphatic heterocycles. The Morgan fingerprint density at radius 1 is 0.667 bits per heavy atom. The highest BCUT2D eigenvalue weighted by Crippen LogP contribution is 2.49. The molecule has 0 saturated heterocycles. The van der Waals surface area contributed by atoms with Gasteiger partial charge in [0.1, 0.15) is 33.4 Å². The van der Waals surface area contributed by atoms with Crippen LogP contribution in [0.1, 0.15) is 0 Å². The molecule has 48 heavy (non-hydrogen) atoms. The average molecular weight is 824 g/mol. The van der Waals surface area contributed by atoms with Crippen LogP contribution in [-0.4, -0.2) is 51.5 Å². The zero-order chi connectivity index (χ0) is 35.0. The summed E-state index contributed by atoms with van der Waals surface area (Å²) in [7, 11) is -10.0. The lowest BCUT2D eigenvalue weighted by molar-refractivity contribution is 0.404. The second-order valence-corrected chi connectivity index (χ2v) is 14.7. The van der Waals surface area contributed by atoms with Crippen molar-refractivity contribution in [1.82, 2.24) is 0 Å². The number of rotatable bonds is 5. The van der Waals surface area contributed by atoms with E-state index in [-0.39, 0.29) is 42.3 Å². The van der Waals surface area contributed by atoms with Gasteiger partial charge in [0.05, 0.1) is 10.3 Å². The molecule has 0 spiro atoms. The van der Waals surface area contributed by atoms with Gasteiger partial charge in [-0.2, -0.15) is 16.8 Å². The fraction of sp³-hybridized carbons (Fsp3) is 0. The van der Waals surface area contributed by atoms with Crippen molar-refractivity contribution in [3.8, 4) is 51.2 Å². The van der Waals surface area contributed by atoms with Crippen LogP contribution in [0, 0.1) is 0 Å². The first kappa shape index (κ1) is 33.1. The number of aromatic hydroxyl groups is 5. The van der Waals surface area contributed by atoms with E-state index >= 15 is 0 Å². The van der Waals surface area contributed by atoms with Crippen LogP contribution in [0.5, 0.6) is 28.7 Å². The van der Waals surface area contributed by atoms with E-state index in [4.69, 9.17) is 4.42 Å². The van der Waals surface area contributed by atoms with Crippen molar-refractivity contribution in [2.24, 2.45) is 10.2 Å². The van der Waals surface area contributed by atoms with Crippen molar-refractivity contribution in [2.45, 2.75) is 9.79 Å². The van der Waals surface area contributed by atoms with Gasteiger partial charge in [-0.15, -0.1) is 10.2 Å². The normalized spacial score (nSPS) is 12.5. The molecule has 0 atom stereocenters. The predicted octanol–water partition coefficient (Wildman–Crippen LogP) is 6.68. The first-order valence-electron chi connectivity index (χ1n) is 12.9. The van der Waals surface area contributed by atoms with Crippen molar-refractivity contribution in [3.05, 3.63) is 73.8 Å². The quantitative estimate of drug-likeness (QED) is 0.0415. The molecular weight excluding hydrogens is 808 g/mol. The molecule has 246 valence electrons. The molecule has 7 N–H and O–H groups in total. The van der Waals surface area contributed by atoms with E-state index in [0.717, 1.165) is 18.2 Å². The van der Waals surface area contributed by atoms with Crippen LogP contribution in [0.4, 0.5) is 11.4 Å². The number of benzene rings is 5. The highest BCUT2D eigenvalue weighted by atomic mass is 79.9. The monoisotopic (exact) mass is 822 g/mol. The van der Waals surface area contributed by atoms with Crippen molar-refractivity contribution >= 4 is 85.2 Å². The first-order chi connectivity index (χ1) is 22.3. The Balaban J connectivity index is 1.56. The van der Waals surface area contributed by atoms with Crippen molar-refractivity contribution in [1.29, 1.82) is 0 Å². The summed E-state index contributed by atoms with van der Waals surface area (Å²) >= 11 is 6.71. The molecule has 19 heteroatoms. The first-order valence-corrected chi connectivity index (χ1v) is 17.4. The second kappa shape index (κ2) is 11.4. The van der Waals surface area contributed by atoms with Crippen molar-refractivity contribution in [3.63, 3.8) is 0 Å². The molecule has 0 fully saturated rings. The molecule has 6 rings (SSSR count). The summed E-state index contributed by atoms with van der Waals surface area (Å²) in [6.07, 6.45) is 0. The van der Waals surface area contributed by atoms with Crippen LogP contribution in [0.2, 0.25) is 0 Å². The van der Waals surface area contributed by atoms with Gasteiger partial charge in [0.15, 0.2) is 23.0 Å². The molecule has 0 bridgehead atoms. The Labute approximate surface area is 284 Å². The topological polar surface area (TPSA) is 265 Å². The number of hydrogen-bond donors (Lipinski definition) is 7. The zero-order valence-electron chi connectivity index (χ0n) is 23.2. The van der Waals surface area contributed by atoms with E-state index in [0.29, 0.717) is 23.3 Å². The summed E-state index contributed by atoms with van der Waals surface area (Å²) in [4.78, 5) is 10.3. The minimum atomic E-state index is -5.15. The summed E-state index contributed by atoms with van der Waals surface area (Å²) in [5.74, 6) is -3.40. The lowest BCUT2D eigenvalue weighted by atomic mass is 9.93. The number of fused-ring (bicyclic) bond motifs is 3. The molecule has 15 nitrogen and oxygen atoms in total. The lowest BCUT2D eigenvalue weighted by Crippen LogP contribution is -2.01. The third-order valence-corrected chi connectivity index (χ3v) is 10.0. The van der Waals surface area contributed by atoms with Crippen molar-refractivity contribution in [2.75, 3.05) is 0 Å². The van der Waals surface area contributed by atoms with E-state index in [1.54, 1.807) is 0 Å². The van der Waals surface area contributed by atoms with Gasteiger partial charge >= 0.3 is 0 Å². The summed E-state index contributed by atoms with van der Waals surface area (Å²) < 4.78 is 73.2. The van der Waals surface area contributed by atoms with Gasteiger partial charge in [0.25, 0.3) is 20.2 Å². The standard InChI is InChI=1S/C29H16Br2N2O13S2/c30-15-2-11(25-13-6-17(34)19(36)8-22(13)46-23-9-20(37)18(35)7-14(23)25)3-16(31)27(15)32-33-28-24(48(43,44)45)4-10-1-12(47(40,41)42)5-21(38)26(10)29(28)39/h1-9,34-36,38-39H,(H,40,41,42)(H,43,44,45). The summed E-state index contributed by atoms with van der Waals surface area (Å²) in [5.41, 5.74) is -0.519. The van der Waals surface area contributed by atoms with Gasteiger partial charge in [-0.25, -0.2) is 0 Å². The van der Waals surface area contributed by atoms with Gasteiger partial charge in [-0.3, -0.25) is 13.9 Å². The Kier molecular flexibility index (Phi) is 7.88. The van der Waals surface area contributed by atoms with E-state index in [9.17, 15) is 56.3 Å². The minimum absolute atomic E-state index is 0.00453. The van der Waals surface area contributed by atoms with E-state index < -0.39 is 75.3 Å². The van der Waals surface area contributed by atoms with Crippen LogP contribution in [0.15, 0.2) is 92.8 Å². The molecule has 0 unspecified atom stereocenters. The van der Waals surface area contributed by atoms with Crippen LogP contribution < -0.4 is 5.43 Å². The maximum atomic E-state index is 12.3. The number of hydrogen-bond acceptors (Lipinski definition) is 13. The van der Waals surface area contributed by atoms with Gasteiger partial charge in [0.2, 0.25) is 5.43 Å². The molecule has 2 aliphatic rings. The molecule has 1 aliphatic carbocycles. The second-order valence-electron chi connectivity index (χ2n) is 10.2. The Hall–Kier alpha value is -4.79. The Morgan fingerprint density at radius 2 is 1.29 bits per heavy atom.